The number of hydrogen-bond acceptors (Lipinski definition) is 3. The molecule has 2 fully saturated rings. The van der Waals surface area contributed by atoms with Crippen molar-refractivity contribution in [3.8, 4) is 0 Å². The number of nitrogens with one attached hydrogen (secondary N) is 1. The van der Waals surface area contributed by atoms with Crippen molar-refractivity contribution in [1.29, 1.82) is 0 Å². The van der Waals surface area contributed by atoms with Crippen molar-refractivity contribution < 1.29 is 4.79 Å². The van der Waals surface area contributed by atoms with Gasteiger partial charge < -0.3 is 10.2 Å². The summed E-state index contributed by atoms with van der Waals surface area (Å²) in [5, 5.41) is 3.68. The Morgan fingerprint density at radius 1 is 1.20 bits per heavy atom. The molecule has 0 aromatic carbocycles. The average molecular weight is 281 g/mol. The molecule has 0 bridgehead atoms. The van der Waals surface area contributed by atoms with Crippen molar-refractivity contribution in [2.75, 3.05) is 39.3 Å². The molecule has 0 aliphatic carbocycles. The minimum absolute atomic E-state index is 0.345. The van der Waals surface area contributed by atoms with Gasteiger partial charge in [0.2, 0.25) is 5.91 Å². The van der Waals surface area contributed by atoms with Crippen LogP contribution in [0.1, 0.15) is 46.0 Å². The zero-order valence-corrected chi connectivity index (χ0v) is 13.2. The number of carbonyl (C=O) groups excluding carboxylic acids is 1. The van der Waals surface area contributed by atoms with Crippen LogP contribution in [0.4, 0.5) is 0 Å². The topological polar surface area (TPSA) is 35.6 Å². The Morgan fingerprint density at radius 2 is 1.95 bits per heavy atom. The van der Waals surface area contributed by atoms with Gasteiger partial charge in [-0.05, 0) is 38.1 Å². The zero-order valence-electron chi connectivity index (χ0n) is 13.2. The summed E-state index contributed by atoms with van der Waals surface area (Å²) < 4.78 is 0. The molecule has 2 aliphatic heterocycles. The van der Waals surface area contributed by atoms with Gasteiger partial charge in [-0.3, -0.25) is 9.69 Å². The van der Waals surface area contributed by atoms with Crippen LogP contribution >= 0.6 is 0 Å². The molecular weight excluding hydrogens is 250 g/mol. The Morgan fingerprint density at radius 3 is 2.60 bits per heavy atom. The second-order valence-electron chi connectivity index (χ2n) is 6.34. The Hall–Kier alpha value is -0.610. The largest absolute Gasteiger partial charge is 0.342 e. The molecule has 0 aromatic heterocycles. The fourth-order valence-corrected chi connectivity index (χ4v) is 3.52. The van der Waals surface area contributed by atoms with Gasteiger partial charge >= 0.3 is 0 Å². The molecule has 1 amide bonds. The van der Waals surface area contributed by atoms with Crippen molar-refractivity contribution in [2.45, 2.75) is 52.0 Å². The van der Waals surface area contributed by atoms with Crippen LogP contribution in [0.5, 0.6) is 0 Å². The third kappa shape index (κ3) is 4.19. The van der Waals surface area contributed by atoms with E-state index in [2.05, 4.69) is 24.1 Å². The Kier molecular flexibility index (Phi) is 6.30. The number of piperidine rings is 1. The van der Waals surface area contributed by atoms with E-state index in [1.54, 1.807) is 0 Å². The van der Waals surface area contributed by atoms with Crippen molar-refractivity contribution in [3.05, 3.63) is 0 Å². The van der Waals surface area contributed by atoms with Gasteiger partial charge in [0.25, 0.3) is 0 Å². The van der Waals surface area contributed by atoms with Crippen LogP contribution in [0.2, 0.25) is 0 Å². The molecule has 20 heavy (non-hydrogen) atoms. The van der Waals surface area contributed by atoms with E-state index in [1.165, 1.54) is 32.1 Å². The molecule has 0 spiro atoms. The van der Waals surface area contributed by atoms with E-state index >= 15 is 0 Å². The van der Waals surface area contributed by atoms with Crippen LogP contribution in [0, 0.1) is 5.92 Å². The SMILES string of the molecule is CCCNC1CCN(CC(=O)N2CCCC2)CC1CC. The first-order valence-electron chi connectivity index (χ1n) is 8.48. The average Bonchev–Trinajstić information content (AvgIpc) is 3.00. The predicted octanol–water partition coefficient (Wildman–Crippen LogP) is 1.71. The van der Waals surface area contributed by atoms with Gasteiger partial charge in [0, 0.05) is 32.2 Å². The summed E-state index contributed by atoms with van der Waals surface area (Å²) >= 11 is 0. The monoisotopic (exact) mass is 281 g/mol. The van der Waals surface area contributed by atoms with Gasteiger partial charge in [0.1, 0.15) is 0 Å². The van der Waals surface area contributed by atoms with Crippen LogP contribution < -0.4 is 5.32 Å². The van der Waals surface area contributed by atoms with Crippen LogP contribution in [0.25, 0.3) is 0 Å². The van der Waals surface area contributed by atoms with Crippen molar-refractivity contribution in [3.63, 3.8) is 0 Å². The quantitative estimate of drug-likeness (QED) is 0.805. The highest BCUT2D eigenvalue weighted by Gasteiger charge is 2.29. The molecule has 0 radical (unpaired) electrons. The van der Waals surface area contributed by atoms with Crippen molar-refractivity contribution in [2.24, 2.45) is 5.92 Å². The van der Waals surface area contributed by atoms with Crippen LogP contribution in [0.15, 0.2) is 0 Å². The van der Waals surface area contributed by atoms with E-state index in [0.29, 0.717) is 24.4 Å². The minimum atomic E-state index is 0.345. The molecule has 4 nitrogen and oxygen atoms in total. The molecule has 2 unspecified atom stereocenters. The lowest BCUT2D eigenvalue weighted by molar-refractivity contribution is -0.131. The van der Waals surface area contributed by atoms with Gasteiger partial charge in [-0.25, -0.2) is 0 Å². The van der Waals surface area contributed by atoms with Crippen molar-refractivity contribution in [1.82, 2.24) is 15.1 Å². The maximum absolute atomic E-state index is 12.2. The van der Waals surface area contributed by atoms with Gasteiger partial charge in [0.05, 0.1) is 6.54 Å². The lowest BCUT2D eigenvalue weighted by atomic mass is 9.90. The number of nitrogens with zero attached hydrogens (tertiary/aromatic N) is 2. The smallest absolute Gasteiger partial charge is 0.236 e. The van der Waals surface area contributed by atoms with E-state index in [4.69, 9.17) is 0 Å². The summed E-state index contributed by atoms with van der Waals surface area (Å²) in [6.45, 7) is 10.4. The molecule has 2 saturated heterocycles. The molecule has 0 aromatic rings. The summed E-state index contributed by atoms with van der Waals surface area (Å²) in [5.74, 6) is 1.04. The summed E-state index contributed by atoms with van der Waals surface area (Å²) in [6.07, 6.45) is 5.96. The molecule has 2 rings (SSSR count). The maximum atomic E-state index is 12.2. The number of hydrogen-bond donors (Lipinski definition) is 1. The van der Waals surface area contributed by atoms with Crippen LogP contribution in [-0.4, -0.2) is 61.0 Å². The van der Waals surface area contributed by atoms with E-state index in [1.807, 2.05) is 4.90 Å². The molecule has 2 atom stereocenters. The van der Waals surface area contributed by atoms with Crippen LogP contribution in [-0.2, 0) is 4.79 Å². The van der Waals surface area contributed by atoms with Crippen LogP contribution in [0.3, 0.4) is 0 Å². The lowest BCUT2D eigenvalue weighted by Crippen LogP contribution is -2.51. The molecule has 0 saturated carbocycles. The standard InChI is InChI=1S/C16H31N3O/c1-3-8-17-15-7-11-18(12-14(15)4-2)13-16(20)19-9-5-6-10-19/h14-15,17H,3-13H2,1-2H3. The summed E-state index contributed by atoms with van der Waals surface area (Å²) in [5.41, 5.74) is 0. The molecule has 4 heteroatoms. The molecule has 1 N–H and O–H groups in total. The first-order chi connectivity index (χ1) is 9.74. The highest BCUT2D eigenvalue weighted by molar-refractivity contribution is 5.78. The fourth-order valence-electron chi connectivity index (χ4n) is 3.52. The third-order valence-electron chi connectivity index (χ3n) is 4.82. The van der Waals surface area contributed by atoms with E-state index in [9.17, 15) is 4.79 Å². The highest BCUT2D eigenvalue weighted by atomic mass is 16.2. The second-order valence-corrected chi connectivity index (χ2v) is 6.34. The number of likely N-dealkylation sites (tertiary alicyclic amines) is 2. The molecule has 116 valence electrons. The fraction of sp³-hybridized carbons (Fsp3) is 0.938. The Balaban J connectivity index is 1.78. The molecule has 2 heterocycles. The maximum Gasteiger partial charge on any atom is 0.236 e. The molecular formula is C16H31N3O. The highest BCUT2D eigenvalue weighted by Crippen LogP contribution is 2.20. The second kappa shape index (κ2) is 7.99. The number of amides is 1. The first kappa shape index (κ1) is 15.8. The summed E-state index contributed by atoms with van der Waals surface area (Å²) in [4.78, 5) is 16.6. The summed E-state index contributed by atoms with van der Waals surface area (Å²) in [6, 6.07) is 0.651. The molecule has 2 aliphatic rings. The Labute approximate surface area is 123 Å². The van der Waals surface area contributed by atoms with Gasteiger partial charge in [-0.1, -0.05) is 20.3 Å². The minimum Gasteiger partial charge on any atom is -0.342 e. The predicted molar refractivity (Wildman–Crippen MR) is 82.7 cm³/mol. The van der Waals surface area contributed by atoms with Gasteiger partial charge in [-0.2, -0.15) is 0 Å². The van der Waals surface area contributed by atoms with Crippen molar-refractivity contribution >= 4 is 5.91 Å². The number of rotatable bonds is 6. The third-order valence-corrected chi connectivity index (χ3v) is 4.82. The van der Waals surface area contributed by atoms with Gasteiger partial charge in [0.15, 0.2) is 0 Å². The van der Waals surface area contributed by atoms with E-state index < -0.39 is 0 Å². The number of carbonyl (C=O) groups is 1. The van der Waals surface area contributed by atoms with E-state index in [0.717, 1.165) is 32.7 Å². The zero-order chi connectivity index (χ0) is 14.4. The van der Waals surface area contributed by atoms with Gasteiger partial charge in [-0.15, -0.1) is 0 Å². The Bertz CT molecular complexity index is 302. The lowest BCUT2D eigenvalue weighted by Gasteiger charge is -2.39. The summed E-state index contributed by atoms with van der Waals surface area (Å²) in [7, 11) is 0. The normalized spacial score (nSPS) is 28.0. The first-order valence-corrected chi connectivity index (χ1v) is 8.48. The van der Waals surface area contributed by atoms with E-state index in [-0.39, 0.29) is 0 Å².